The molecule has 0 saturated heterocycles. The highest BCUT2D eigenvalue weighted by Gasteiger charge is 2.23. The summed E-state index contributed by atoms with van der Waals surface area (Å²) in [4.78, 5) is 38.6. The first-order valence-corrected chi connectivity index (χ1v) is 13.2. The fourth-order valence-corrected chi connectivity index (χ4v) is 4.17. The first-order chi connectivity index (χ1) is 19.5. The van der Waals surface area contributed by atoms with E-state index in [1.165, 1.54) is 23.1 Å². The van der Waals surface area contributed by atoms with Crippen LogP contribution in [0.2, 0.25) is 0 Å². The number of carbonyl (C=O) groups excluding carboxylic acids is 2. The van der Waals surface area contributed by atoms with E-state index in [-0.39, 0.29) is 36.0 Å². The van der Waals surface area contributed by atoms with Crippen LogP contribution in [0.25, 0.3) is 11.8 Å². The molecule has 4 aromatic rings. The molecule has 0 spiro atoms. The summed E-state index contributed by atoms with van der Waals surface area (Å²) in [7, 11) is 0. The van der Waals surface area contributed by atoms with Crippen LogP contribution >= 0.6 is 0 Å². The number of nitro benzene ring substituents is 1. The molecule has 1 N–H and O–H groups in total. The summed E-state index contributed by atoms with van der Waals surface area (Å²) in [6, 6.07) is 25.0. The average Bonchev–Trinajstić information content (AvgIpc) is 3.36. The maximum atomic E-state index is 13.4. The topological polar surface area (TPSA) is 110 Å². The van der Waals surface area contributed by atoms with Crippen LogP contribution in [0.15, 0.2) is 91.0 Å². The number of aromatic nitrogens is 2. The number of aryl methyl sites for hydroxylation is 1. The summed E-state index contributed by atoms with van der Waals surface area (Å²) in [5.74, 6) is -0.221. The van der Waals surface area contributed by atoms with Gasteiger partial charge in [-0.25, -0.2) is 4.68 Å². The van der Waals surface area contributed by atoms with Gasteiger partial charge >= 0.3 is 0 Å². The van der Waals surface area contributed by atoms with Crippen LogP contribution < -0.4 is 5.32 Å². The van der Waals surface area contributed by atoms with Gasteiger partial charge in [-0.05, 0) is 47.9 Å². The molecule has 9 nitrogen and oxygen atoms in total. The van der Waals surface area contributed by atoms with E-state index < -0.39 is 4.92 Å². The number of rotatable bonds is 9. The van der Waals surface area contributed by atoms with E-state index in [0.29, 0.717) is 11.4 Å². The zero-order valence-corrected chi connectivity index (χ0v) is 23.6. The number of amides is 2. The molecule has 0 saturated carbocycles. The van der Waals surface area contributed by atoms with Crippen molar-refractivity contribution in [2.24, 2.45) is 0 Å². The Morgan fingerprint density at radius 3 is 2.29 bits per heavy atom. The number of hydrogen-bond acceptors (Lipinski definition) is 5. The van der Waals surface area contributed by atoms with Gasteiger partial charge in [-0.1, -0.05) is 69.3 Å². The van der Waals surface area contributed by atoms with E-state index in [4.69, 9.17) is 5.10 Å². The minimum atomic E-state index is -0.478. The summed E-state index contributed by atoms with van der Waals surface area (Å²) in [5, 5.41) is 18.7. The van der Waals surface area contributed by atoms with Crippen molar-refractivity contribution in [2.75, 3.05) is 11.9 Å². The molecule has 3 aromatic carbocycles. The highest BCUT2D eigenvalue weighted by molar-refractivity contribution is 5.98. The highest BCUT2D eigenvalue weighted by atomic mass is 16.6. The van der Waals surface area contributed by atoms with Crippen molar-refractivity contribution < 1.29 is 14.5 Å². The van der Waals surface area contributed by atoms with Crippen molar-refractivity contribution in [3.63, 3.8) is 0 Å². The minimum absolute atomic E-state index is 0.0320. The van der Waals surface area contributed by atoms with Gasteiger partial charge in [0.1, 0.15) is 12.4 Å². The number of nitrogens with one attached hydrogen (secondary N) is 1. The Kier molecular flexibility index (Phi) is 8.77. The van der Waals surface area contributed by atoms with Crippen molar-refractivity contribution in [1.82, 2.24) is 14.7 Å². The number of non-ortho nitro benzene ring substituents is 1. The monoisotopic (exact) mass is 551 g/mol. The number of para-hydroxylation sites is 1. The van der Waals surface area contributed by atoms with E-state index in [0.717, 1.165) is 22.5 Å². The van der Waals surface area contributed by atoms with Gasteiger partial charge in [-0.15, -0.1) is 0 Å². The Morgan fingerprint density at radius 2 is 1.66 bits per heavy atom. The van der Waals surface area contributed by atoms with Crippen LogP contribution in [-0.2, 0) is 21.5 Å². The Hall–Kier alpha value is -5.05. The van der Waals surface area contributed by atoms with Gasteiger partial charge in [0.15, 0.2) is 0 Å². The molecule has 0 bridgehead atoms. The maximum absolute atomic E-state index is 13.4. The van der Waals surface area contributed by atoms with Crippen LogP contribution in [0.4, 0.5) is 11.5 Å². The third kappa shape index (κ3) is 7.54. The van der Waals surface area contributed by atoms with Crippen LogP contribution in [0, 0.1) is 17.0 Å². The molecule has 41 heavy (non-hydrogen) atoms. The molecular formula is C32H33N5O4. The van der Waals surface area contributed by atoms with Gasteiger partial charge < -0.3 is 10.2 Å². The molecule has 2 amide bonds. The number of benzene rings is 3. The van der Waals surface area contributed by atoms with E-state index >= 15 is 0 Å². The molecule has 9 heteroatoms. The Labute approximate surface area is 239 Å². The van der Waals surface area contributed by atoms with Gasteiger partial charge in [0, 0.05) is 36.2 Å². The summed E-state index contributed by atoms with van der Waals surface area (Å²) >= 11 is 0. The van der Waals surface area contributed by atoms with E-state index in [1.54, 1.807) is 22.9 Å². The quantitative estimate of drug-likeness (QED) is 0.154. The van der Waals surface area contributed by atoms with Crippen LogP contribution in [-0.4, -0.2) is 38.0 Å². The lowest BCUT2D eigenvalue weighted by Crippen LogP contribution is -2.37. The fourth-order valence-electron chi connectivity index (χ4n) is 4.17. The number of hydrogen-bond donors (Lipinski definition) is 1. The molecule has 0 atom stereocenters. The molecule has 0 aliphatic heterocycles. The molecule has 4 rings (SSSR count). The summed E-state index contributed by atoms with van der Waals surface area (Å²) < 4.78 is 1.73. The minimum Gasteiger partial charge on any atom is -0.326 e. The Bertz CT molecular complexity index is 1570. The Balaban J connectivity index is 1.58. The molecule has 0 aliphatic rings. The lowest BCUT2D eigenvalue weighted by molar-refractivity contribution is -0.384. The SMILES string of the molecule is Cc1ccccc1-n1nc(C(C)(C)C)cc1NC(=O)CN(Cc1ccccc1)C(=O)/C=C/c1ccc([N+](=O)[O-])cc1. The van der Waals surface area contributed by atoms with E-state index in [2.05, 4.69) is 26.1 Å². The highest BCUT2D eigenvalue weighted by Crippen LogP contribution is 2.27. The molecular weight excluding hydrogens is 518 g/mol. The van der Waals surface area contributed by atoms with Gasteiger partial charge in [0.2, 0.25) is 11.8 Å². The zero-order chi connectivity index (χ0) is 29.6. The molecule has 210 valence electrons. The molecule has 1 aromatic heterocycles. The van der Waals surface area contributed by atoms with E-state index in [9.17, 15) is 19.7 Å². The average molecular weight is 552 g/mol. The van der Waals surface area contributed by atoms with Gasteiger partial charge in [0.25, 0.3) is 5.69 Å². The summed E-state index contributed by atoms with van der Waals surface area (Å²) in [6.45, 7) is 8.18. The van der Waals surface area contributed by atoms with Crippen molar-refractivity contribution >= 4 is 29.4 Å². The second-order valence-corrected chi connectivity index (χ2v) is 10.8. The lowest BCUT2D eigenvalue weighted by atomic mass is 9.92. The smallest absolute Gasteiger partial charge is 0.269 e. The lowest BCUT2D eigenvalue weighted by Gasteiger charge is -2.21. The maximum Gasteiger partial charge on any atom is 0.269 e. The zero-order valence-electron chi connectivity index (χ0n) is 23.6. The second-order valence-electron chi connectivity index (χ2n) is 10.8. The standard InChI is InChI=1S/C32H33N5O4/c1-23-10-8-9-13-27(23)36-29(20-28(34-36)32(2,3)4)33-30(38)22-35(21-25-11-6-5-7-12-25)31(39)19-16-24-14-17-26(18-15-24)37(40)41/h5-20H,21-22H2,1-4H3,(H,33,38)/b19-16+. The third-order valence-corrected chi connectivity index (χ3v) is 6.47. The number of nitro groups is 1. The molecule has 0 unspecified atom stereocenters. The first-order valence-electron chi connectivity index (χ1n) is 13.2. The molecule has 0 aliphatic carbocycles. The molecule has 0 fully saturated rings. The Morgan fingerprint density at radius 1 is 1.00 bits per heavy atom. The van der Waals surface area contributed by atoms with Crippen molar-refractivity contribution in [1.29, 1.82) is 0 Å². The number of anilines is 1. The van der Waals surface area contributed by atoms with Gasteiger partial charge in [0.05, 0.1) is 16.3 Å². The van der Waals surface area contributed by atoms with Gasteiger partial charge in [-0.3, -0.25) is 19.7 Å². The van der Waals surface area contributed by atoms with Crippen LogP contribution in [0.5, 0.6) is 0 Å². The third-order valence-electron chi connectivity index (χ3n) is 6.47. The van der Waals surface area contributed by atoms with E-state index in [1.807, 2.05) is 67.6 Å². The second kappa shape index (κ2) is 12.4. The van der Waals surface area contributed by atoms with Gasteiger partial charge in [-0.2, -0.15) is 5.10 Å². The first kappa shape index (κ1) is 28.9. The van der Waals surface area contributed by atoms with Crippen LogP contribution in [0.3, 0.4) is 0 Å². The molecule has 1 heterocycles. The van der Waals surface area contributed by atoms with Crippen molar-refractivity contribution in [3.05, 3.63) is 124 Å². The predicted molar refractivity (Wildman–Crippen MR) is 160 cm³/mol. The van der Waals surface area contributed by atoms with Crippen molar-refractivity contribution in [2.45, 2.75) is 39.7 Å². The normalized spacial score (nSPS) is 11.4. The fraction of sp³-hybridized carbons (Fsp3) is 0.219. The predicted octanol–water partition coefficient (Wildman–Crippen LogP) is 6.07. The number of carbonyl (C=O) groups is 2. The van der Waals surface area contributed by atoms with Crippen molar-refractivity contribution in [3.8, 4) is 5.69 Å². The summed E-state index contributed by atoms with van der Waals surface area (Å²) in [5.41, 5.74) is 3.90. The molecule has 0 radical (unpaired) electrons. The number of nitrogens with zero attached hydrogens (tertiary/aromatic N) is 4. The van der Waals surface area contributed by atoms with Crippen LogP contribution in [0.1, 0.15) is 43.2 Å². The summed E-state index contributed by atoms with van der Waals surface area (Å²) in [6.07, 6.45) is 2.94. The largest absolute Gasteiger partial charge is 0.326 e.